The lowest BCUT2D eigenvalue weighted by Crippen LogP contribution is -2.20. The van der Waals surface area contributed by atoms with E-state index >= 15 is 0 Å². The summed E-state index contributed by atoms with van der Waals surface area (Å²) in [5, 5.41) is 13.3. The predicted molar refractivity (Wildman–Crippen MR) is 75.5 cm³/mol. The van der Waals surface area contributed by atoms with Gasteiger partial charge < -0.3 is 0 Å². The highest BCUT2D eigenvalue weighted by atomic mass is 35.5. The van der Waals surface area contributed by atoms with Crippen LogP contribution in [0.4, 0.5) is 10.1 Å². The maximum atomic E-state index is 13.1. The second-order valence-electron chi connectivity index (χ2n) is 4.12. The van der Waals surface area contributed by atoms with Crippen molar-refractivity contribution in [2.24, 2.45) is 4.99 Å². The average Bonchev–Trinajstić information content (AvgIpc) is 2.92. The molecule has 21 heavy (non-hydrogen) atoms. The van der Waals surface area contributed by atoms with Crippen LogP contribution in [0.15, 0.2) is 47.8 Å². The first-order chi connectivity index (χ1) is 10.2. The van der Waals surface area contributed by atoms with E-state index in [0.29, 0.717) is 16.9 Å². The second-order valence-corrected chi connectivity index (χ2v) is 4.52. The van der Waals surface area contributed by atoms with Crippen LogP contribution < -0.4 is 5.48 Å². The molecule has 0 fully saturated rings. The van der Waals surface area contributed by atoms with Gasteiger partial charge in [-0.2, -0.15) is 5.10 Å². The Balaban J connectivity index is 2.09. The first-order valence-electron chi connectivity index (χ1n) is 5.91. The lowest BCUT2D eigenvalue weighted by atomic mass is 10.3. The summed E-state index contributed by atoms with van der Waals surface area (Å²) in [6.07, 6.45) is 4.83. The average molecular weight is 306 g/mol. The molecule has 3 rings (SSSR count). The number of hydroxylamine groups is 1. The number of rotatable bonds is 2. The topological polar surface area (TPSA) is 74.8 Å². The fraction of sp³-hybridized carbons (Fsp3) is 0. The molecule has 0 aliphatic rings. The van der Waals surface area contributed by atoms with Crippen LogP contribution >= 0.6 is 11.6 Å². The van der Waals surface area contributed by atoms with Gasteiger partial charge in [0.15, 0.2) is 11.5 Å². The summed E-state index contributed by atoms with van der Waals surface area (Å²) in [6, 6.07) is 5.72. The highest BCUT2D eigenvalue weighted by molar-refractivity contribution is 6.31. The Bertz CT molecular complexity index is 832. The van der Waals surface area contributed by atoms with Crippen LogP contribution in [0.5, 0.6) is 0 Å². The smallest absolute Gasteiger partial charge is 0.166 e. The van der Waals surface area contributed by atoms with Crippen LogP contribution in [0, 0.1) is 5.82 Å². The Labute approximate surface area is 123 Å². The molecule has 3 aromatic rings. The van der Waals surface area contributed by atoms with E-state index < -0.39 is 5.82 Å². The largest absolute Gasteiger partial charge is 0.290 e. The zero-order valence-corrected chi connectivity index (χ0v) is 11.3. The standard InChI is InChI=1S/C13H9ClFN5O/c14-10-6-8(2-3-11(10)15)18-12(19-21)9-7-17-20-5-1-4-16-13(9)20/h1-7,21H,(H,18,19). The summed E-state index contributed by atoms with van der Waals surface area (Å²) in [5.41, 5.74) is 3.40. The summed E-state index contributed by atoms with van der Waals surface area (Å²) in [6.45, 7) is 0. The maximum absolute atomic E-state index is 13.1. The second kappa shape index (κ2) is 5.47. The summed E-state index contributed by atoms with van der Waals surface area (Å²) in [7, 11) is 0. The molecule has 0 saturated heterocycles. The lowest BCUT2D eigenvalue weighted by molar-refractivity contribution is 0.235. The van der Waals surface area contributed by atoms with Gasteiger partial charge in [0.1, 0.15) is 5.82 Å². The number of halogens is 2. The van der Waals surface area contributed by atoms with Gasteiger partial charge >= 0.3 is 0 Å². The molecule has 0 unspecified atom stereocenters. The highest BCUT2D eigenvalue weighted by Gasteiger charge is 2.11. The fourth-order valence-corrected chi connectivity index (χ4v) is 2.00. The molecular formula is C13H9ClFN5O. The van der Waals surface area contributed by atoms with Gasteiger partial charge in [0.05, 0.1) is 22.5 Å². The quantitative estimate of drug-likeness (QED) is 0.433. The van der Waals surface area contributed by atoms with E-state index in [1.165, 1.54) is 24.4 Å². The number of hydrogen-bond acceptors (Lipinski definition) is 4. The molecule has 8 heteroatoms. The van der Waals surface area contributed by atoms with Crippen molar-refractivity contribution >= 4 is 28.8 Å². The zero-order chi connectivity index (χ0) is 14.8. The van der Waals surface area contributed by atoms with Gasteiger partial charge in [0, 0.05) is 12.4 Å². The van der Waals surface area contributed by atoms with E-state index in [-0.39, 0.29) is 10.9 Å². The molecule has 0 atom stereocenters. The van der Waals surface area contributed by atoms with E-state index in [1.807, 2.05) is 5.48 Å². The molecular weight excluding hydrogens is 297 g/mol. The summed E-state index contributed by atoms with van der Waals surface area (Å²) >= 11 is 5.70. The highest BCUT2D eigenvalue weighted by Crippen LogP contribution is 2.22. The van der Waals surface area contributed by atoms with Gasteiger partial charge in [0.25, 0.3) is 0 Å². The molecule has 6 nitrogen and oxygen atoms in total. The normalized spacial score (nSPS) is 11.9. The third-order valence-electron chi connectivity index (χ3n) is 2.78. The van der Waals surface area contributed by atoms with Crippen molar-refractivity contribution in [2.75, 3.05) is 0 Å². The zero-order valence-electron chi connectivity index (χ0n) is 10.5. The molecule has 2 N–H and O–H groups in total. The van der Waals surface area contributed by atoms with Crippen LogP contribution in [0.25, 0.3) is 5.65 Å². The number of hydrogen-bond donors (Lipinski definition) is 2. The third-order valence-corrected chi connectivity index (χ3v) is 3.07. The number of nitrogens with one attached hydrogen (secondary N) is 1. The summed E-state index contributed by atoms with van der Waals surface area (Å²) in [4.78, 5) is 8.35. The number of aliphatic imine (C=N–C) groups is 1. The Morgan fingerprint density at radius 1 is 1.43 bits per heavy atom. The fourth-order valence-electron chi connectivity index (χ4n) is 1.82. The minimum Gasteiger partial charge on any atom is -0.290 e. The van der Waals surface area contributed by atoms with Gasteiger partial charge in [-0.05, 0) is 24.3 Å². The van der Waals surface area contributed by atoms with Crippen molar-refractivity contribution < 1.29 is 9.60 Å². The van der Waals surface area contributed by atoms with Crippen molar-refractivity contribution in [3.8, 4) is 0 Å². The number of aromatic nitrogens is 3. The van der Waals surface area contributed by atoms with Crippen molar-refractivity contribution in [2.45, 2.75) is 0 Å². The van der Waals surface area contributed by atoms with E-state index in [1.54, 1.807) is 23.0 Å². The van der Waals surface area contributed by atoms with E-state index in [0.717, 1.165) is 0 Å². The van der Waals surface area contributed by atoms with E-state index in [9.17, 15) is 9.60 Å². The van der Waals surface area contributed by atoms with Gasteiger partial charge in [-0.25, -0.2) is 18.9 Å². The van der Waals surface area contributed by atoms with Crippen molar-refractivity contribution in [3.05, 3.63) is 59.3 Å². The van der Waals surface area contributed by atoms with Gasteiger partial charge in [0.2, 0.25) is 0 Å². The summed E-state index contributed by atoms with van der Waals surface area (Å²) in [5.74, 6) is -0.404. The molecule has 0 radical (unpaired) electrons. The molecule has 0 saturated carbocycles. The van der Waals surface area contributed by atoms with Gasteiger partial charge in [-0.3, -0.25) is 10.7 Å². The third kappa shape index (κ3) is 2.56. The van der Waals surface area contributed by atoms with Crippen molar-refractivity contribution in [3.63, 3.8) is 0 Å². The Hall–Kier alpha value is -2.51. The number of benzene rings is 1. The number of nitrogens with zero attached hydrogens (tertiary/aromatic N) is 4. The number of fused-ring (bicyclic) bond motifs is 1. The lowest BCUT2D eigenvalue weighted by Gasteiger charge is -2.03. The van der Waals surface area contributed by atoms with E-state index in [2.05, 4.69) is 15.1 Å². The molecule has 1 aromatic carbocycles. The Morgan fingerprint density at radius 2 is 2.29 bits per heavy atom. The van der Waals surface area contributed by atoms with Gasteiger partial charge in [-0.1, -0.05) is 11.6 Å². The SMILES string of the molecule is ONC(=Nc1ccc(F)c(Cl)c1)c1cnn2cccnc12. The van der Waals surface area contributed by atoms with Crippen LogP contribution in [0.3, 0.4) is 0 Å². The van der Waals surface area contributed by atoms with Crippen LogP contribution in [-0.4, -0.2) is 25.6 Å². The van der Waals surface area contributed by atoms with Crippen LogP contribution in [0.1, 0.15) is 5.56 Å². The molecule has 0 aliphatic carbocycles. The van der Waals surface area contributed by atoms with Gasteiger partial charge in [-0.15, -0.1) is 0 Å². The molecule has 0 spiro atoms. The minimum atomic E-state index is -0.535. The molecule has 0 aliphatic heterocycles. The monoisotopic (exact) mass is 305 g/mol. The van der Waals surface area contributed by atoms with E-state index in [4.69, 9.17) is 11.6 Å². The first kappa shape index (κ1) is 13.5. The minimum absolute atomic E-state index is 0.0495. The van der Waals surface area contributed by atoms with Crippen LogP contribution in [-0.2, 0) is 0 Å². The molecule has 2 heterocycles. The van der Waals surface area contributed by atoms with Crippen LogP contribution in [0.2, 0.25) is 5.02 Å². The molecule has 0 bridgehead atoms. The Kier molecular flexibility index (Phi) is 3.51. The maximum Gasteiger partial charge on any atom is 0.166 e. The van der Waals surface area contributed by atoms with Crippen molar-refractivity contribution in [1.82, 2.24) is 20.1 Å². The molecule has 0 amide bonds. The summed E-state index contributed by atoms with van der Waals surface area (Å²) < 4.78 is 14.7. The first-order valence-corrected chi connectivity index (χ1v) is 6.29. The van der Waals surface area contributed by atoms with Crippen molar-refractivity contribution in [1.29, 1.82) is 0 Å². The predicted octanol–water partition coefficient (Wildman–Crippen LogP) is 2.58. The number of amidine groups is 1. The Morgan fingerprint density at radius 3 is 3.05 bits per heavy atom. The molecule has 106 valence electrons. The molecule has 2 aromatic heterocycles.